The van der Waals surface area contributed by atoms with Crippen molar-refractivity contribution in [3.63, 3.8) is 0 Å². The van der Waals surface area contributed by atoms with Crippen molar-refractivity contribution in [3.05, 3.63) is 89.1 Å². The van der Waals surface area contributed by atoms with E-state index < -0.39 is 0 Å². The third-order valence-corrected chi connectivity index (χ3v) is 5.72. The smallest absolute Gasteiger partial charge is 0.261 e. The number of ketones is 1. The van der Waals surface area contributed by atoms with Crippen LogP contribution in [0, 0.1) is 0 Å². The summed E-state index contributed by atoms with van der Waals surface area (Å²) < 4.78 is 3.05. The number of fused-ring (bicyclic) bond motifs is 2. The fourth-order valence-corrected chi connectivity index (χ4v) is 4.00. The molecule has 0 radical (unpaired) electrons. The van der Waals surface area contributed by atoms with E-state index in [0.29, 0.717) is 22.3 Å². The second kappa shape index (κ2) is 8.86. The molecule has 3 heterocycles. The summed E-state index contributed by atoms with van der Waals surface area (Å²) in [5.41, 5.74) is 2.79. The molecule has 0 spiro atoms. The normalized spacial score (nSPS) is 11.0. The summed E-state index contributed by atoms with van der Waals surface area (Å²) in [6, 6.07) is 15.9. The number of benzene rings is 2. The number of carbonyl (C=O) groups excluding carboxylic acids is 2. The lowest BCUT2D eigenvalue weighted by atomic mass is 10.1. The standard InChI is InChI=1S/C26H22N6O3/c1-16(33)18-6-3-7-20(11-18)30-23(34)15-32-10-9-17-5-4-8-22(24(17)26(32)35)29-21-12-19-13-28-31(2)25(19)27-14-21/h3-14,29H,15H2,1-2H3,(H,30,34). The molecule has 174 valence electrons. The molecule has 0 saturated heterocycles. The Morgan fingerprint density at radius 3 is 2.63 bits per heavy atom. The number of hydrogen-bond acceptors (Lipinski definition) is 6. The molecule has 0 aliphatic carbocycles. The number of anilines is 3. The van der Waals surface area contributed by atoms with E-state index in [2.05, 4.69) is 20.7 Å². The zero-order valence-corrected chi connectivity index (χ0v) is 19.1. The average molecular weight is 467 g/mol. The number of hydrogen-bond donors (Lipinski definition) is 2. The molecule has 2 N–H and O–H groups in total. The van der Waals surface area contributed by atoms with Crippen molar-refractivity contribution in [1.29, 1.82) is 0 Å². The van der Waals surface area contributed by atoms with Gasteiger partial charge in [-0.3, -0.25) is 19.1 Å². The van der Waals surface area contributed by atoms with E-state index in [9.17, 15) is 14.4 Å². The molecule has 0 bridgehead atoms. The molecule has 0 saturated carbocycles. The van der Waals surface area contributed by atoms with Gasteiger partial charge in [0.1, 0.15) is 6.54 Å². The predicted octanol–water partition coefficient (Wildman–Crippen LogP) is 3.87. The summed E-state index contributed by atoms with van der Waals surface area (Å²) in [5.74, 6) is -0.464. The molecule has 1 amide bonds. The molecule has 0 fully saturated rings. The van der Waals surface area contributed by atoms with E-state index in [-0.39, 0.29) is 23.8 Å². The SMILES string of the molecule is CC(=O)c1cccc(NC(=O)Cn2ccc3cccc(Nc4cnc5c(cnn5C)c4)c3c2=O)c1. The number of Topliss-reactive ketones (excluding diaryl/α,β-unsaturated/α-hetero) is 1. The fraction of sp³-hybridized carbons (Fsp3) is 0.115. The molecule has 0 aliphatic heterocycles. The molecule has 0 atom stereocenters. The van der Waals surface area contributed by atoms with Gasteiger partial charge in [0.25, 0.3) is 5.56 Å². The van der Waals surface area contributed by atoms with Crippen LogP contribution in [-0.2, 0) is 18.4 Å². The van der Waals surface area contributed by atoms with Gasteiger partial charge >= 0.3 is 0 Å². The zero-order valence-electron chi connectivity index (χ0n) is 19.1. The molecule has 9 nitrogen and oxygen atoms in total. The Bertz CT molecular complexity index is 1670. The van der Waals surface area contributed by atoms with Crippen molar-refractivity contribution in [2.24, 2.45) is 7.05 Å². The number of aryl methyl sites for hydroxylation is 1. The van der Waals surface area contributed by atoms with Crippen molar-refractivity contribution in [2.45, 2.75) is 13.5 Å². The second-order valence-electron chi connectivity index (χ2n) is 8.23. The monoisotopic (exact) mass is 466 g/mol. The van der Waals surface area contributed by atoms with Crippen molar-refractivity contribution in [3.8, 4) is 0 Å². The van der Waals surface area contributed by atoms with Gasteiger partial charge < -0.3 is 15.2 Å². The first kappa shape index (κ1) is 22.0. The maximum Gasteiger partial charge on any atom is 0.261 e. The highest BCUT2D eigenvalue weighted by molar-refractivity contribution is 5.98. The fourth-order valence-electron chi connectivity index (χ4n) is 4.00. The van der Waals surface area contributed by atoms with Gasteiger partial charge in [-0.2, -0.15) is 5.10 Å². The number of pyridine rings is 2. The van der Waals surface area contributed by atoms with Crippen LogP contribution < -0.4 is 16.2 Å². The van der Waals surface area contributed by atoms with E-state index in [0.717, 1.165) is 22.1 Å². The minimum atomic E-state index is -0.371. The average Bonchev–Trinajstić information content (AvgIpc) is 3.21. The molecule has 0 unspecified atom stereocenters. The molecule has 0 aliphatic rings. The minimum Gasteiger partial charge on any atom is -0.354 e. The summed E-state index contributed by atoms with van der Waals surface area (Å²) in [6.45, 7) is 1.29. The van der Waals surface area contributed by atoms with Crippen molar-refractivity contribution >= 4 is 50.6 Å². The maximum absolute atomic E-state index is 13.4. The van der Waals surface area contributed by atoms with E-state index in [1.54, 1.807) is 53.6 Å². The number of rotatable bonds is 6. The molecule has 5 aromatic rings. The van der Waals surface area contributed by atoms with Gasteiger partial charge in [0.2, 0.25) is 5.91 Å². The second-order valence-corrected chi connectivity index (χ2v) is 8.23. The summed E-state index contributed by atoms with van der Waals surface area (Å²) >= 11 is 0. The number of aromatic nitrogens is 4. The van der Waals surface area contributed by atoms with Crippen LogP contribution in [-0.4, -0.2) is 31.0 Å². The van der Waals surface area contributed by atoms with Crippen molar-refractivity contribution in [2.75, 3.05) is 10.6 Å². The first-order valence-electron chi connectivity index (χ1n) is 11.0. The van der Waals surface area contributed by atoms with Crippen LogP contribution in [0.1, 0.15) is 17.3 Å². The van der Waals surface area contributed by atoms with Crippen LogP contribution >= 0.6 is 0 Å². The zero-order chi connectivity index (χ0) is 24.5. The molecular weight excluding hydrogens is 444 g/mol. The molecule has 3 aromatic heterocycles. The molecule has 5 rings (SSSR count). The lowest BCUT2D eigenvalue weighted by molar-refractivity contribution is -0.116. The van der Waals surface area contributed by atoms with Gasteiger partial charge in [0.05, 0.1) is 29.2 Å². The third-order valence-electron chi connectivity index (χ3n) is 5.72. The molecule has 9 heteroatoms. The van der Waals surface area contributed by atoms with E-state index in [1.807, 2.05) is 31.3 Å². The topological polar surface area (TPSA) is 111 Å². The van der Waals surface area contributed by atoms with Crippen molar-refractivity contribution < 1.29 is 9.59 Å². The van der Waals surface area contributed by atoms with Gasteiger partial charge in [-0.25, -0.2) is 4.98 Å². The Labute approximate surface area is 200 Å². The van der Waals surface area contributed by atoms with Crippen LogP contribution in [0.2, 0.25) is 0 Å². The number of nitrogens with zero attached hydrogens (tertiary/aromatic N) is 4. The quantitative estimate of drug-likeness (QED) is 0.368. The van der Waals surface area contributed by atoms with E-state index >= 15 is 0 Å². The van der Waals surface area contributed by atoms with Crippen molar-refractivity contribution in [1.82, 2.24) is 19.3 Å². The molecule has 2 aromatic carbocycles. The van der Waals surface area contributed by atoms with Crippen LogP contribution in [0.25, 0.3) is 21.8 Å². The summed E-state index contributed by atoms with van der Waals surface area (Å²) in [7, 11) is 1.83. The van der Waals surface area contributed by atoms with Crippen LogP contribution in [0.3, 0.4) is 0 Å². The van der Waals surface area contributed by atoms with Gasteiger partial charge in [0, 0.05) is 29.9 Å². The first-order chi connectivity index (χ1) is 16.9. The minimum absolute atomic E-state index is 0.0928. The summed E-state index contributed by atoms with van der Waals surface area (Å²) in [6.07, 6.45) is 5.02. The largest absolute Gasteiger partial charge is 0.354 e. The van der Waals surface area contributed by atoms with Crippen LogP contribution in [0.4, 0.5) is 17.1 Å². The Balaban J connectivity index is 1.43. The van der Waals surface area contributed by atoms with Gasteiger partial charge in [0.15, 0.2) is 11.4 Å². The molecule has 35 heavy (non-hydrogen) atoms. The highest BCUT2D eigenvalue weighted by Crippen LogP contribution is 2.25. The van der Waals surface area contributed by atoms with Gasteiger partial charge in [-0.05, 0) is 42.6 Å². The Morgan fingerprint density at radius 1 is 0.971 bits per heavy atom. The highest BCUT2D eigenvalue weighted by Gasteiger charge is 2.12. The number of carbonyl (C=O) groups is 2. The Hall–Kier alpha value is -4.79. The third kappa shape index (κ3) is 4.39. The number of nitrogens with one attached hydrogen (secondary N) is 2. The predicted molar refractivity (Wildman–Crippen MR) is 135 cm³/mol. The van der Waals surface area contributed by atoms with E-state index in [1.165, 1.54) is 11.5 Å². The summed E-state index contributed by atoms with van der Waals surface area (Å²) in [4.78, 5) is 42.1. The van der Waals surface area contributed by atoms with Gasteiger partial charge in [-0.15, -0.1) is 0 Å². The first-order valence-corrected chi connectivity index (χ1v) is 11.0. The lowest BCUT2D eigenvalue weighted by Gasteiger charge is -2.12. The van der Waals surface area contributed by atoms with Crippen LogP contribution in [0.15, 0.2) is 78.0 Å². The summed E-state index contributed by atoms with van der Waals surface area (Å²) in [5, 5.41) is 12.3. The number of amides is 1. The maximum atomic E-state index is 13.4. The highest BCUT2D eigenvalue weighted by atomic mass is 16.2. The Morgan fingerprint density at radius 2 is 1.80 bits per heavy atom. The lowest BCUT2D eigenvalue weighted by Crippen LogP contribution is -2.27. The van der Waals surface area contributed by atoms with E-state index in [4.69, 9.17) is 0 Å². The molecular formula is C26H22N6O3. The van der Waals surface area contributed by atoms with Crippen LogP contribution in [0.5, 0.6) is 0 Å². The van der Waals surface area contributed by atoms with Gasteiger partial charge in [-0.1, -0.05) is 24.3 Å². The Kier molecular flexibility index (Phi) is 5.58.